The fraction of sp³-hybridized carbons (Fsp3) is 0.429. The average molecular weight is 336 g/mol. The molecule has 1 heterocycles. The number of aromatic nitrogens is 1. The van der Waals surface area contributed by atoms with Gasteiger partial charge in [0.1, 0.15) is 5.75 Å². The smallest absolute Gasteiger partial charge is 0.255 e. The first kappa shape index (κ1) is 16.1. The second-order valence-electron chi connectivity index (χ2n) is 7.33. The summed E-state index contributed by atoms with van der Waals surface area (Å²) >= 11 is 0. The highest BCUT2D eigenvalue weighted by Gasteiger charge is 2.47. The molecule has 4 rings (SSSR count). The van der Waals surface area contributed by atoms with Crippen molar-refractivity contribution in [3.05, 3.63) is 59.4 Å². The summed E-state index contributed by atoms with van der Waals surface area (Å²) in [7, 11) is 0. The fourth-order valence-electron chi connectivity index (χ4n) is 3.18. The van der Waals surface area contributed by atoms with Crippen LogP contribution in [0.3, 0.4) is 0 Å². The summed E-state index contributed by atoms with van der Waals surface area (Å²) in [4.78, 5) is 17.3. The molecule has 0 unspecified atom stereocenters. The molecule has 2 aliphatic rings. The monoisotopic (exact) mass is 336 g/mol. The SMILES string of the molecule is Cc1ccc(C(=O)NC2(c3ccccn3)CC2)c(OCCC2CC2)c1. The number of rotatable bonds is 7. The minimum absolute atomic E-state index is 0.0791. The first-order valence-corrected chi connectivity index (χ1v) is 9.14. The summed E-state index contributed by atoms with van der Waals surface area (Å²) in [5, 5.41) is 3.19. The molecular weight excluding hydrogens is 312 g/mol. The molecule has 1 aromatic carbocycles. The summed E-state index contributed by atoms with van der Waals surface area (Å²) in [5.41, 5.74) is 2.34. The van der Waals surface area contributed by atoms with E-state index in [1.807, 2.05) is 43.3 Å². The predicted octanol–water partition coefficient (Wildman–Crippen LogP) is 3.99. The van der Waals surface area contributed by atoms with E-state index < -0.39 is 0 Å². The van der Waals surface area contributed by atoms with E-state index in [1.54, 1.807) is 6.20 Å². The van der Waals surface area contributed by atoms with E-state index in [-0.39, 0.29) is 11.4 Å². The van der Waals surface area contributed by atoms with Crippen LogP contribution in [0.1, 0.15) is 53.7 Å². The lowest BCUT2D eigenvalue weighted by atomic mass is 10.1. The molecule has 0 spiro atoms. The largest absolute Gasteiger partial charge is 0.493 e. The molecule has 25 heavy (non-hydrogen) atoms. The molecule has 1 aromatic heterocycles. The quantitative estimate of drug-likeness (QED) is 0.832. The van der Waals surface area contributed by atoms with Gasteiger partial charge in [-0.1, -0.05) is 25.0 Å². The molecule has 2 saturated carbocycles. The van der Waals surface area contributed by atoms with Gasteiger partial charge < -0.3 is 10.1 Å². The zero-order valence-corrected chi connectivity index (χ0v) is 14.6. The Kier molecular flexibility index (Phi) is 4.20. The van der Waals surface area contributed by atoms with Gasteiger partial charge in [-0.3, -0.25) is 9.78 Å². The summed E-state index contributed by atoms with van der Waals surface area (Å²) in [6.07, 6.45) is 7.35. The van der Waals surface area contributed by atoms with E-state index in [0.29, 0.717) is 17.9 Å². The third-order valence-electron chi connectivity index (χ3n) is 5.12. The lowest BCUT2D eigenvalue weighted by molar-refractivity contribution is 0.0925. The highest BCUT2D eigenvalue weighted by molar-refractivity contribution is 5.97. The minimum Gasteiger partial charge on any atom is -0.493 e. The van der Waals surface area contributed by atoms with Crippen molar-refractivity contribution in [2.75, 3.05) is 6.61 Å². The molecule has 0 radical (unpaired) electrons. The van der Waals surface area contributed by atoms with Crippen LogP contribution in [-0.2, 0) is 5.54 Å². The Morgan fingerprint density at radius 1 is 1.28 bits per heavy atom. The molecule has 0 aliphatic heterocycles. The number of carbonyl (C=O) groups is 1. The number of pyridine rings is 1. The Balaban J connectivity index is 1.49. The molecule has 2 aromatic rings. The van der Waals surface area contributed by atoms with Crippen molar-refractivity contribution in [1.82, 2.24) is 10.3 Å². The third kappa shape index (κ3) is 3.68. The number of nitrogens with zero attached hydrogens (tertiary/aromatic N) is 1. The average Bonchev–Trinajstić information content (AvgIpc) is 3.52. The van der Waals surface area contributed by atoms with E-state index >= 15 is 0 Å². The molecule has 4 nitrogen and oxygen atoms in total. The molecular formula is C21H24N2O2. The first-order valence-electron chi connectivity index (χ1n) is 9.14. The second-order valence-corrected chi connectivity index (χ2v) is 7.33. The van der Waals surface area contributed by atoms with Crippen molar-refractivity contribution in [2.24, 2.45) is 5.92 Å². The van der Waals surface area contributed by atoms with Crippen molar-refractivity contribution < 1.29 is 9.53 Å². The maximum absolute atomic E-state index is 12.9. The summed E-state index contributed by atoms with van der Waals surface area (Å²) in [6, 6.07) is 11.6. The molecule has 0 bridgehead atoms. The van der Waals surface area contributed by atoms with E-state index in [0.717, 1.165) is 36.4 Å². The Morgan fingerprint density at radius 2 is 2.12 bits per heavy atom. The van der Waals surface area contributed by atoms with Gasteiger partial charge in [-0.15, -0.1) is 0 Å². The number of amides is 1. The second kappa shape index (κ2) is 6.51. The number of hydrogen-bond donors (Lipinski definition) is 1. The maximum atomic E-state index is 12.9. The van der Waals surface area contributed by atoms with Crippen LogP contribution in [0, 0.1) is 12.8 Å². The Morgan fingerprint density at radius 3 is 2.80 bits per heavy atom. The Hall–Kier alpha value is -2.36. The number of carbonyl (C=O) groups excluding carboxylic acids is 1. The zero-order valence-electron chi connectivity index (χ0n) is 14.6. The van der Waals surface area contributed by atoms with Gasteiger partial charge in [-0.25, -0.2) is 0 Å². The highest BCUT2D eigenvalue weighted by Crippen LogP contribution is 2.44. The lowest BCUT2D eigenvalue weighted by Gasteiger charge is -2.18. The Labute approximate surface area is 148 Å². The van der Waals surface area contributed by atoms with Gasteiger partial charge in [0.15, 0.2) is 0 Å². The van der Waals surface area contributed by atoms with E-state index in [2.05, 4.69) is 10.3 Å². The van der Waals surface area contributed by atoms with Crippen LogP contribution in [0.4, 0.5) is 0 Å². The number of nitrogens with one attached hydrogen (secondary N) is 1. The van der Waals surface area contributed by atoms with Gasteiger partial charge >= 0.3 is 0 Å². The van der Waals surface area contributed by atoms with Gasteiger partial charge in [-0.05, 0) is 61.9 Å². The van der Waals surface area contributed by atoms with E-state index in [9.17, 15) is 4.79 Å². The minimum atomic E-state index is -0.311. The van der Waals surface area contributed by atoms with Crippen LogP contribution in [0.5, 0.6) is 5.75 Å². The van der Waals surface area contributed by atoms with Crippen molar-refractivity contribution in [1.29, 1.82) is 0 Å². The normalized spacial score (nSPS) is 17.8. The summed E-state index contributed by atoms with van der Waals surface area (Å²) in [6.45, 7) is 2.70. The van der Waals surface area contributed by atoms with Crippen LogP contribution in [0.15, 0.2) is 42.6 Å². The molecule has 0 atom stereocenters. The summed E-state index contributed by atoms with van der Waals surface area (Å²) in [5.74, 6) is 1.43. The van der Waals surface area contributed by atoms with Gasteiger partial charge in [0, 0.05) is 6.20 Å². The fourth-order valence-corrected chi connectivity index (χ4v) is 3.18. The van der Waals surface area contributed by atoms with E-state index in [4.69, 9.17) is 4.74 Å². The van der Waals surface area contributed by atoms with Crippen LogP contribution >= 0.6 is 0 Å². The third-order valence-corrected chi connectivity index (χ3v) is 5.12. The van der Waals surface area contributed by atoms with Crippen LogP contribution in [0.2, 0.25) is 0 Å². The maximum Gasteiger partial charge on any atom is 0.255 e. The number of ether oxygens (including phenoxy) is 1. The van der Waals surface area contributed by atoms with Crippen molar-refractivity contribution in [3.8, 4) is 5.75 Å². The predicted molar refractivity (Wildman–Crippen MR) is 96.6 cm³/mol. The molecule has 1 N–H and O–H groups in total. The van der Waals surface area contributed by atoms with Crippen molar-refractivity contribution in [2.45, 2.75) is 44.6 Å². The van der Waals surface area contributed by atoms with Gasteiger partial charge in [-0.2, -0.15) is 0 Å². The first-order chi connectivity index (χ1) is 12.2. The van der Waals surface area contributed by atoms with Gasteiger partial charge in [0.2, 0.25) is 0 Å². The van der Waals surface area contributed by atoms with Gasteiger partial charge in [0.25, 0.3) is 5.91 Å². The lowest BCUT2D eigenvalue weighted by Crippen LogP contribution is -2.35. The van der Waals surface area contributed by atoms with Gasteiger partial charge in [0.05, 0.1) is 23.4 Å². The molecule has 130 valence electrons. The standard InChI is InChI=1S/C21H24N2O2/c1-15-5-8-17(18(14-15)25-13-9-16-6-7-16)20(24)23-21(10-11-21)19-4-2-3-12-22-19/h2-5,8,12,14,16H,6-7,9-11,13H2,1H3,(H,23,24). The van der Waals surface area contributed by atoms with Crippen molar-refractivity contribution >= 4 is 5.91 Å². The molecule has 1 amide bonds. The van der Waals surface area contributed by atoms with Crippen LogP contribution in [0.25, 0.3) is 0 Å². The van der Waals surface area contributed by atoms with Crippen LogP contribution in [-0.4, -0.2) is 17.5 Å². The molecule has 2 fully saturated rings. The van der Waals surface area contributed by atoms with E-state index in [1.165, 1.54) is 12.8 Å². The molecule has 2 aliphatic carbocycles. The molecule has 4 heteroatoms. The topological polar surface area (TPSA) is 51.2 Å². The zero-order chi connectivity index (χ0) is 17.3. The molecule has 0 saturated heterocycles. The number of aryl methyl sites for hydroxylation is 1. The van der Waals surface area contributed by atoms with Crippen LogP contribution < -0.4 is 10.1 Å². The highest BCUT2D eigenvalue weighted by atomic mass is 16.5. The van der Waals surface area contributed by atoms with Crippen molar-refractivity contribution in [3.63, 3.8) is 0 Å². The number of hydrogen-bond acceptors (Lipinski definition) is 3. The summed E-state index contributed by atoms with van der Waals surface area (Å²) < 4.78 is 5.95. The Bertz CT molecular complexity index is 765. The number of benzene rings is 1.